The number of carbonyl (C=O) groups is 1. The predicted molar refractivity (Wildman–Crippen MR) is 66.9 cm³/mol. The summed E-state index contributed by atoms with van der Waals surface area (Å²) < 4.78 is 22.5. The maximum absolute atomic E-state index is 11.8. The highest BCUT2D eigenvalue weighted by Gasteiger charge is 2.14. The van der Waals surface area contributed by atoms with E-state index in [0.717, 1.165) is 0 Å². The van der Waals surface area contributed by atoms with Gasteiger partial charge in [-0.3, -0.25) is 9.89 Å². The number of anilines is 1. The number of nitrogens with two attached hydrogens (primary N) is 1. The molecule has 0 aliphatic carbocycles. The second-order valence-corrected chi connectivity index (χ2v) is 5.37. The lowest BCUT2D eigenvalue weighted by atomic mass is 10.2. The summed E-state index contributed by atoms with van der Waals surface area (Å²) in [5.74, 6) is -0.493. The number of benzene rings is 1. The van der Waals surface area contributed by atoms with Crippen molar-refractivity contribution in [3.05, 3.63) is 35.9 Å². The summed E-state index contributed by atoms with van der Waals surface area (Å²) >= 11 is 0. The molecule has 1 heterocycles. The zero-order valence-corrected chi connectivity index (χ0v) is 10.7. The highest BCUT2D eigenvalue weighted by molar-refractivity contribution is 7.89. The van der Waals surface area contributed by atoms with E-state index < -0.39 is 15.9 Å². The molecule has 1 aromatic heterocycles. The van der Waals surface area contributed by atoms with Gasteiger partial charge in [-0.05, 0) is 24.6 Å². The van der Waals surface area contributed by atoms with E-state index in [0.29, 0.717) is 11.3 Å². The van der Waals surface area contributed by atoms with Crippen LogP contribution in [0.2, 0.25) is 0 Å². The third-order valence-electron chi connectivity index (χ3n) is 2.42. The highest BCUT2D eigenvalue weighted by Crippen LogP contribution is 2.19. The van der Waals surface area contributed by atoms with Crippen molar-refractivity contribution < 1.29 is 13.2 Å². The van der Waals surface area contributed by atoms with E-state index in [-0.39, 0.29) is 10.7 Å². The van der Waals surface area contributed by atoms with Crippen molar-refractivity contribution in [1.29, 1.82) is 0 Å². The number of primary sulfonamides is 1. The standard InChI is InChI=1S/C10H11N5O3S/c1-6-2-3-7(19(11,17)18)4-8(6)14-10(16)9-12-5-13-15-9/h2-5H,1H3,(H,14,16)(H2,11,17,18)(H,12,13,15). The van der Waals surface area contributed by atoms with E-state index in [1.807, 2.05) is 0 Å². The van der Waals surface area contributed by atoms with Crippen molar-refractivity contribution >= 4 is 21.6 Å². The van der Waals surface area contributed by atoms with Crippen LogP contribution in [-0.2, 0) is 10.0 Å². The second kappa shape index (κ2) is 4.78. The number of aryl methyl sites for hydroxylation is 1. The molecule has 0 spiro atoms. The number of nitrogens with one attached hydrogen (secondary N) is 2. The van der Waals surface area contributed by atoms with E-state index in [9.17, 15) is 13.2 Å². The number of aromatic nitrogens is 3. The van der Waals surface area contributed by atoms with E-state index in [4.69, 9.17) is 5.14 Å². The van der Waals surface area contributed by atoms with Crippen molar-refractivity contribution in [3.63, 3.8) is 0 Å². The van der Waals surface area contributed by atoms with Crippen LogP contribution < -0.4 is 10.5 Å². The van der Waals surface area contributed by atoms with Gasteiger partial charge in [0.1, 0.15) is 6.33 Å². The number of rotatable bonds is 3. The lowest BCUT2D eigenvalue weighted by Gasteiger charge is -2.08. The van der Waals surface area contributed by atoms with Crippen LogP contribution in [0, 0.1) is 6.92 Å². The minimum Gasteiger partial charge on any atom is -0.319 e. The Morgan fingerprint density at radius 1 is 1.42 bits per heavy atom. The van der Waals surface area contributed by atoms with Crippen molar-refractivity contribution in [2.24, 2.45) is 5.14 Å². The van der Waals surface area contributed by atoms with Gasteiger partial charge in [-0.15, -0.1) is 0 Å². The molecule has 8 nitrogen and oxygen atoms in total. The van der Waals surface area contributed by atoms with Crippen LogP contribution in [0.3, 0.4) is 0 Å². The monoisotopic (exact) mass is 281 g/mol. The fourth-order valence-electron chi connectivity index (χ4n) is 1.41. The Bertz CT molecular complexity index is 709. The zero-order valence-electron chi connectivity index (χ0n) is 9.91. The van der Waals surface area contributed by atoms with Crippen LogP contribution >= 0.6 is 0 Å². The number of nitrogens with zero attached hydrogens (tertiary/aromatic N) is 2. The van der Waals surface area contributed by atoms with E-state index >= 15 is 0 Å². The van der Waals surface area contributed by atoms with Gasteiger partial charge in [-0.1, -0.05) is 6.07 Å². The Kier molecular flexibility index (Phi) is 3.32. The maximum Gasteiger partial charge on any atom is 0.292 e. The first-order valence-corrected chi connectivity index (χ1v) is 6.73. The van der Waals surface area contributed by atoms with Gasteiger partial charge in [0, 0.05) is 5.69 Å². The van der Waals surface area contributed by atoms with Gasteiger partial charge in [0.2, 0.25) is 15.8 Å². The lowest BCUT2D eigenvalue weighted by Crippen LogP contribution is -2.16. The van der Waals surface area contributed by atoms with Gasteiger partial charge in [-0.2, -0.15) is 5.10 Å². The first-order chi connectivity index (χ1) is 8.88. The zero-order chi connectivity index (χ0) is 14.0. The Morgan fingerprint density at radius 2 is 2.16 bits per heavy atom. The quantitative estimate of drug-likeness (QED) is 0.729. The van der Waals surface area contributed by atoms with Crippen LogP contribution in [0.15, 0.2) is 29.4 Å². The number of sulfonamides is 1. The molecule has 0 radical (unpaired) electrons. The number of aromatic amines is 1. The molecule has 0 saturated heterocycles. The molecule has 19 heavy (non-hydrogen) atoms. The number of amides is 1. The summed E-state index contributed by atoms with van der Waals surface area (Å²) in [6.45, 7) is 1.73. The molecule has 100 valence electrons. The molecule has 2 rings (SSSR count). The summed E-state index contributed by atoms with van der Waals surface area (Å²) in [4.78, 5) is 15.4. The van der Waals surface area contributed by atoms with Crippen molar-refractivity contribution in [1.82, 2.24) is 15.2 Å². The largest absolute Gasteiger partial charge is 0.319 e. The third kappa shape index (κ3) is 2.95. The SMILES string of the molecule is Cc1ccc(S(N)(=O)=O)cc1NC(=O)c1ncn[nH]1. The van der Waals surface area contributed by atoms with E-state index in [1.54, 1.807) is 13.0 Å². The molecular weight excluding hydrogens is 270 g/mol. The molecule has 2 aromatic rings. The van der Waals surface area contributed by atoms with E-state index in [1.165, 1.54) is 18.5 Å². The summed E-state index contributed by atoms with van der Waals surface area (Å²) in [5, 5.41) is 13.5. The Balaban J connectivity index is 2.32. The van der Waals surface area contributed by atoms with Crippen LogP contribution in [0.1, 0.15) is 16.2 Å². The van der Waals surface area contributed by atoms with Crippen molar-refractivity contribution in [2.75, 3.05) is 5.32 Å². The summed E-state index contributed by atoms with van der Waals surface area (Å²) in [6.07, 6.45) is 1.20. The molecule has 0 unspecified atom stereocenters. The first kappa shape index (κ1) is 13.2. The van der Waals surface area contributed by atoms with Crippen LogP contribution in [-0.4, -0.2) is 29.5 Å². The fraction of sp³-hybridized carbons (Fsp3) is 0.100. The number of H-pyrrole nitrogens is 1. The van der Waals surface area contributed by atoms with E-state index in [2.05, 4.69) is 20.5 Å². The van der Waals surface area contributed by atoms with Gasteiger partial charge in [0.15, 0.2) is 0 Å². The molecule has 1 aromatic carbocycles. The highest BCUT2D eigenvalue weighted by atomic mass is 32.2. The molecule has 0 atom stereocenters. The molecule has 1 amide bonds. The first-order valence-electron chi connectivity index (χ1n) is 5.18. The molecule has 0 saturated carbocycles. The maximum atomic E-state index is 11.8. The Morgan fingerprint density at radius 3 is 2.74 bits per heavy atom. The molecule has 9 heteroatoms. The molecule has 0 aliphatic rings. The Hall–Kier alpha value is -2.26. The number of carbonyl (C=O) groups excluding carboxylic acids is 1. The number of hydrogen-bond donors (Lipinski definition) is 3. The third-order valence-corrected chi connectivity index (χ3v) is 3.33. The van der Waals surface area contributed by atoms with Crippen LogP contribution in [0.4, 0.5) is 5.69 Å². The summed E-state index contributed by atoms with van der Waals surface area (Å²) in [5.41, 5.74) is 1.04. The number of hydrogen-bond acceptors (Lipinski definition) is 5. The minimum atomic E-state index is -3.82. The van der Waals surface area contributed by atoms with Crippen LogP contribution in [0.25, 0.3) is 0 Å². The van der Waals surface area contributed by atoms with Gasteiger partial charge in [0.05, 0.1) is 4.90 Å². The van der Waals surface area contributed by atoms with Crippen molar-refractivity contribution in [2.45, 2.75) is 11.8 Å². The van der Waals surface area contributed by atoms with Crippen LogP contribution in [0.5, 0.6) is 0 Å². The van der Waals surface area contributed by atoms with Crippen molar-refractivity contribution in [3.8, 4) is 0 Å². The normalized spacial score (nSPS) is 11.3. The van der Waals surface area contributed by atoms with Gasteiger partial charge in [0.25, 0.3) is 5.91 Å². The van der Waals surface area contributed by atoms with Gasteiger partial charge in [-0.25, -0.2) is 18.5 Å². The second-order valence-electron chi connectivity index (χ2n) is 3.81. The average Bonchev–Trinajstić information content (AvgIpc) is 2.84. The lowest BCUT2D eigenvalue weighted by molar-refractivity contribution is 0.101. The summed E-state index contributed by atoms with van der Waals surface area (Å²) in [7, 11) is -3.82. The molecule has 0 fully saturated rings. The minimum absolute atomic E-state index is 0.0282. The van der Waals surface area contributed by atoms with Gasteiger partial charge >= 0.3 is 0 Å². The Labute approximate surface area is 109 Å². The fourth-order valence-corrected chi connectivity index (χ4v) is 1.95. The van der Waals surface area contributed by atoms with Gasteiger partial charge < -0.3 is 5.32 Å². The topological polar surface area (TPSA) is 131 Å². The molecule has 4 N–H and O–H groups in total. The molecular formula is C10H11N5O3S. The molecule has 0 bridgehead atoms. The predicted octanol–water partition coefficient (Wildman–Crippen LogP) is 0.0128. The summed E-state index contributed by atoms with van der Waals surface area (Å²) in [6, 6.07) is 4.21. The molecule has 0 aliphatic heterocycles. The average molecular weight is 281 g/mol. The smallest absolute Gasteiger partial charge is 0.292 e.